The van der Waals surface area contributed by atoms with Gasteiger partial charge in [-0.1, -0.05) is 162 Å². The molecule has 0 spiro atoms. The van der Waals surface area contributed by atoms with Gasteiger partial charge in [0.25, 0.3) is 0 Å². The molecule has 0 aromatic carbocycles. The average Bonchev–Trinajstić information content (AvgIpc) is 3.12. The van der Waals surface area contributed by atoms with Crippen LogP contribution in [-0.4, -0.2) is 36.4 Å². The van der Waals surface area contributed by atoms with Gasteiger partial charge in [-0.2, -0.15) is 0 Å². The van der Waals surface area contributed by atoms with Crippen LogP contribution in [0.2, 0.25) is 0 Å². The van der Waals surface area contributed by atoms with E-state index in [1.807, 2.05) is 0 Å². The molecule has 0 heterocycles. The Kier molecular flexibility index (Phi) is 37.7. The van der Waals surface area contributed by atoms with Crippen molar-refractivity contribution in [3.05, 3.63) is 97.2 Å². The third-order valence-corrected chi connectivity index (χ3v) is 7.89. The molecule has 282 valence electrons. The summed E-state index contributed by atoms with van der Waals surface area (Å²) in [5.74, 6) is -0.637. The Morgan fingerprint density at radius 2 is 0.860 bits per heavy atom. The van der Waals surface area contributed by atoms with Crippen molar-refractivity contribution in [2.24, 2.45) is 0 Å². The second kappa shape index (κ2) is 40.3. The van der Waals surface area contributed by atoms with Crippen molar-refractivity contribution in [3.8, 4) is 0 Å². The lowest BCUT2D eigenvalue weighted by Gasteiger charge is -2.15. The van der Waals surface area contributed by atoms with E-state index in [1.54, 1.807) is 0 Å². The zero-order valence-corrected chi connectivity index (χ0v) is 31.9. The van der Waals surface area contributed by atoms with Crippen molar-refractivity contribution in [1.82, 2.24) is 0 Å². The van der Waals surface area contributed by atoms with Crippen molar-refractivity contribution in [1.29, 1.82) is 0 Å². The quantitative estimate of drug-likeness (QED) is 0.0413. The Labute approximate surface area is 307 Å². The van der Waals surface area contributed by atoms with Crippen LogP contribution in [0, 0.1) is 0 Å². The third-order valence-electron chi connectivity index (χ3n) is 7.89. The number of hydrogen-bond donors (Lipinski definition) is 1. The molecule has 0 aromatic heterocycles. The number of carbonyl (C=O) groups excluding carboxylic acids is 2. The van der Waals surface area contributed by atoms with Crippen LogP contribution < -0.4 is 0 Å². The van der Waals surface area contributed by atoms with E-state index in [0.717, 1.165) is 103 Å². The molecule has 0 aliphatic carbocycles. The van der Waals surface area contributed by atoms with E-state index >= 15 is 0 Å². The molecule has 0 fully saturated rings. The smallest absolute Gasteiger partial charge is 0.306 e. The molecule has 0 amide bonds. The lowest BCUT2D eigenvalue weighted by molar-refractivity contribution is -0.161. The molecule has 0 bridgehead atoms. The molecule has 50 heavy (non-hydrogen) atoms. The van der Waals surface area contributed by atoms with E-state index in [9.17, 15) is 14.7 Å². The topological polar surface area (TPSA) is 72.8 Å². The number of aliphatic hydroxyl groups is 1. The summed E-state index contributed by atoms with van der Waals surface area (Å²) in [5, 5.41) is 9.50. The summed E-state index contributed by atoms with van der Waals surface area (Å²) >= 11 is 0. The molecule has 1 atom stereocenters. The van der Waals surface area contributed by atoms with Crippen LogP contribution in [0.1, 0.15) is 155 Å². The largest absolute Gasteiger partial charge is 0.462 e. The molecule has 1 N–H and O–H groups in total. The van der Waals surface area contributed by atoms with Gasteiger partial charge < -0.3 is 14.6 Å². The predicted molar refractivity (Wildman–Crippen MR) is 214 cm³/mol. The minimum Gasteiger partial charge on any atom is -0.462 e. The highest BCUT2D eigenvalue weighted by Crippen LogP contribution is 2.10. The van der Waals surface area contributed by atoms with E-state index in [1.165, 1.54) is 25.7 Å². The molecule has 5 heteroatoms. The standard InChI is InChI=1S/C45H72O5/c1-3-5-7-9-11-12-13-14-15-16-17-18-19-20-21-22-23-24-25-26-27-28-29-30-31-32-34-36-38-40-45(48)50-43(41-46)42-49-44(47)39-37-35-33-10-8-6-4-2/h5,7,11-12,14-15,17-18,20-21,23-24,26-27,29-30,43,46H,3-4,6,8-10,13,16,19,22,25,28,31-42H2,1-2H3/b7-5-,12-11-,15-14-,18-17-,21-20-,24-23-,27-26-,30-29-. The monoisotopic (exact) mass is 693 g/mol. The number of allylic oxidation sites excluding steroid dienone is 16. The highest BCUT2D eigenvalue weighted by Gasteiger charge is 2.16. The SMILES string of the molecule is CC/C=C\C/C=C\C/C=C\C/C=C\C/C=C\C/C=C\C/C=C\C/C=C\CCCCCCC(=O)OC(CO)COC(=O)CCCCCCCCC. The average molecular weight is 693 g/mol. The fourth-order valence-electron chi connectivity index (χ4n) is 4.92. The summed E-state index contributed by atoms with van der Waals surface area (Å²) < 4.78 is 10.5. The van der Waals surface area contributed by atoms with Crippen LogP contribution in [0.25, 0.3) is 0 Å². The fraction of sp³-hybridized carbons (Fsp3) is 0.600. The summed E-state index contributed by atoms with van der Waals surface area (Å²) in [6, 6.07) is 0. The van der Waals surface area contributed by atoms with Gasteiger partial charge >= 0.3 is 11.9 Å². The lowest BCUT2D eigenvalue weighted by atomic mass is 10.1. The maximum Gasteiger partial charge on any atom is 0.306 e. The van der Waals surface area contributed by atoms with Crippen LogP contribution >= 0.6 is 0 Å². The Morgan fingerprint density at radius 3 is 1.30 bits per heavy atom. The molecular formula is C45H72O5. The van der Waals surface area contributed by atoms with Gasteiger partial charge in [0, 0.05) is 12.8 Å². The number of carbonyl (C=O) groups is 2. The summed E-state index contributed by atoms with van der Waals surface area (Å²) in [7, 11) is 0. The van der Waals surface area contributed by atoms with E-state index in [0.29, 0.717) is 12.8 Å². The first-order chi connectivity index (χ1) is 24.6. The predicted octanol–water partition coefficient (Wildman–Crippen LogP) is 12.5. The summed E-state index contributed by atoms with van der Waals surface area (Å²) in [5.41, 5.74) is 0. The summed E-state index contributed by atoms with van der Waals surface area (Å²) in [6.07, 6.45) is 56.3. The van der Waals surface area contributed by atoms with Crippen molar-refractivity contribution in [3.63, 3.8) is 0 Å². The number of unbranched alkanes of at least 4 members (excludes halogenated alkanes) is 10. The van der Waals surface area contributed by atoms with E-state index in [4.69, 9.17) is 9.47 Å². The molecule has 0 aromatic rings. The summed E-state index contributed by atoms with van der Waals surface area (Å²) in [6.45, 7) is 3.93. The molecule has 0 saturated heterocycles. The van der Waals surface area contributed by atoms with Crippen LogP contribution in [0.3, 0.4) is 0 Å². The van der Waals surface area contributed by atoms with Crippen molar-refractivity contribution < 1.29 is 24.2 Å². The maximum atomic E-state index is 12.1. The Hall–Kier alpha value is -3.18. The van der Waals surface area contributed by atoms with Gasteiger partial charge in [0.15, 0.2) is 6.10 Å². The molecule has 0 saturated carbocycles. The number of hydrogen-bond acceptors (Lipinski definition) is 5. The zero-order valence-electron chi connectivity index (χ0n) is 31.9. The molecule has 0 aliphatic heterocycles. The van der Waals surface area contributed by atoms with Gasteiger partial charge in [0.05, 0.1) is 6.61 Å². The second-order valence-electron chi connectivity index (χ2n) is 12.6. The molecule has 0 radical (unpaired) electrons. The Bertz CT molecular complexity index is 1010. The number of ether oxygens (including phenoxy) is 2. The first-order valence-electron chi connectivity index (χ1n) is 19.8. The van der Waals surface area contributed by atoms with Gasteiger partial charge in [0.2, 0.25) is 0 Å². The van der Waals surface area contributed by atoms with E-state index in [-0.39, 0.29) is 25.2 Å². The first-order valence-corrected chi connectivity index (χ1v) is 19.8. The maximum absolute atomic E-state index is 12.1. The highest BCUT2D eigenvalue weighted by atomic mass is 16.6. The van der Waals surface area contributed by atoms with Gasteiger partial charge in [-0.25, -0.2) is 0 Å². The Morgan fingerprint density at radius 1 is 0.480 bits per heavy atom. The van der Waals surface area contributed by atoms with Gasteiger partial charge in [-0.05, 0) is 77.0 Å². The van der Waals surface area contributed by atoms with E-state index in [2.05, 4.69) is 111 Å². The first kappa shape index (κ1) is 46.8. The molecule has 0 rings (SSSR count). The number of rotatable bonds is 34. The molecule has 5 nitrogen and oxygen atoms in total. The lowest BCUT2D eigenvalue weighted by Crippen LogP contribution is -2.28. The zero-order chi connectivity index (χ0) is 36.4. The van der Waals surface area contributed by atoms with Crippen LogP contribution in [0.4, 0.5) is 0 Å². The van der Waals surface area contributed by atoms with Crippen LogP contribution in [0.15, 0.2) is 97.2 Å². The number of esters is 2. The van der Waals surface area contributed by atoms with E-state index < -0.39 is 6.10 Å². The second-order valence-corrected chi connectivity index (χ2v) is 12.6. The fourth-order valence-corrected chi connectivity index (χ4v) is 4.92. The Balaban J connectivity index is 3.68. The van der Waals surface area contributed by atoms with Crippen molar-refractivity contribution in [2.45, 2.75) is 161 Å². The number of aliphatic hydroxyl groups excluding tert-OH is 1. The van der Waals surface area contributed by atoms with Crippen molar-refractivity contribution >= 4 is 11.9 Å². The minimum absolute atomic E-state index is 0.0817. The van der Waals surface area contributed by atoms with Crippen LogP contribution in [0.5, 0.6) is 0 Å². The molecule has 1 unspecified atom stereocenters. The third kappa shape index (κ3) is 37.6. The van der Waals surface area contributed by atoms with Crippen molar-refractivity contribution in [2.75, 3.05) is 13.2 Å². The molecule has 0 aliphatic rings. The van der Waals surface area contributed by atoms with Crippen LogP contribution in [-0.2, 0) is 19.1 Å². The normalized spacial score (nSPS) is 13.3. The summed E-state index contributed by atoms with van der Waals surface area (Å²) in [4.78, 5) is 24.1. The minimum atomic E-state index is -0.787. The van der Waals surface area contributed by atoms with Gasteiger partial charge in [-0.15, -0.1) is 0 Å². The molecular weight excluding hydrogens is 620 g/mol. The van der Waals surface area contributed by atoms with Gasteiger partial charge in [-0.3, -0.25) is 9.59 Å². The highest BCUT2D eigenvalue weighted by molar-refractivity contribution is 5.70. The van der Waals surface area contributed by atoms with Gasteiger partial charge in [0.1, 0.15) is 6.61 Å².